The third-order valence-corrected chi connectivity index (χ3v) is 5.89. The van der Waals surface area contributed by atoms with E-state index in [4.69, 9.17) is 5.73 Å². The average Bonchev–Trinajstić information content (AvgIpc) is 2.69. The second kappa shape index (κ2) is 9.83. The molecule has 146 valence electrons. The number of aliphatic imine (C=N–C) groups is 1. The number of nitrogens with zero attached hydrogens (tertiary/aromatic N) is 5. The van der Waals surface area contributed by atoms with Crippen molar-refractivity contribution in [3.63, 3.8) is 0 Å². The lowest BCUT2D eigenvalue weighted by atomic mass is 10.3. The van der Waals surface area contributed by atoms with Crippen LogP contribution in [0.3, 0.4) is 0 Å². The highest BCUT2D eigenvalue weighted by Crippen LogP contribution is 2.11. The summed E-state index contributed by atoms with van der Waals surface area (Å²) in [5.74, 6) is 1.02. The Labute approximate surface area is 176 Å². The zero-order valence-electron chi connectivity index (χ0n) is 14.8. The first kappa shape index (κ1) is 21.4. The average molecular weight is 502 g/mol. The van der Waals surface area contributed by atoms with Crippen LogP contribution in [0.4, 0.5) is 5.95 Å². The SMILES string of the molecule is I.NC(=NCCS(=O)(=O)c1ccccc1)N1CCN(c2ncccn2)CC1. The Morgan fingerprint density at radius 3 is 2.30 bits per heavy atom. The zero-order chi connectivity index (χ0) is 18.4. The Morgan fingerprint density at radius 2 is 1.67 bits per heavy atom. The maximum Gasteiger partial charge on any atom is 0.225 e. The Kier molecular flexibility index (Phi) is 7.78. The minimum Gasteiger partial charge on any atom is -0.370 e. The predicted octanol–water partition coefficient (Wildman–Crippen LogP) is 1.01. The second-order valence-electron chi connectivity index (χ2n) is 5.89. The largest absolute Gasteiger partial charge is 0.370 e. The Balaban J connectivity index is 0.00000261. The molecule has 0 bridgehead atoms. The molecule has 0 radical (unpaired) electrons. The maximum atomic E-state index is 12.2. The smallest absolute Gasteiger partial charge is 0.225 e. The van der Waals surface area contributed by atoms with Gasteiger partial charge in [0.2, 0.25) is 5.95 Å². The van der Waals surface area contributed by atoms with Crippen LogP contribution in [0.25, 0.3) is 0 Å². The van der Waals surface area contributed by atoms with Crippen LogP contribution in [-0.2, 0) is 9.84 Å². The molecule has 0 aliphatic carbocycles. The van der Waals surface area contributed by atoms with Crippen LogP contribution in [0.5, 0.6) is 0 Å². The van der Waals surface area contributed by atoms with Gasteiger partial charge in [0.25, 0.3) is 0 Å². The molecule has 2 N–H and O–H groups in total. The van der Waals surface area contributed by atoms with E-state index in [0.717, 1.165) is 13.1 Å². The van der Waals surface area contributed by atoms with Gasteiger partial charge in [-0.05, 0) is 18.2 Å². The molecule has 27 heavy (non-hydrogen) atoms. The van der Waals surface area contributed by atoms with Crippen molar-refractivity contribution in [2.75, 3.05) is 43.4 Å². The first-order chi connectivity index (χ1) is 12.6. The van der Waals surface area contributed by atoms with Crippen LogP contribution in [-0.4, -0.2) is 67.7 Å². The molecule has 1 aliphatic heterocycles. The fraction of sp³-hybridized carbons (Fsp3) is 0.353. The molecule has 0 saturated carbocycles. The minimum absolute atomic E-state index is 0. The molecule has 2 aromatic rings. The summed E-state index contributed by atoms with van der Waals surface area (Å²) >= 11 is 0. The number of halogens is 1. The Hall–Kier alpha value is -1.95. The van der Waals surface area contributed by atoms with E-state index in [9.17, 15) is 8.42 Å². The number of anilines is 1. The van der Waals surface area contributed by atoms with Crippen molar-refractivity contribution in [3.8, 4) is 0 Å². The van der Waals surface area contributed by atoms with Crippen LogP contribution in [0.15, 0.2) is 58.7 Å². The highest BCUT2D eigenvalue weighted by atomic mass is 127. The van der Waals surface area contributed by atoms with Crippen LogP contribution in [0.2, 0.25) is 0 Å². The fourth-order valence-corrected chi connectivity index (χ4v) is 3.86. The lowest BCUT2D eigenvalue weighted by Crippen LogP contribution is -2.51. The van der Waals surface area contributed by atoms with Crippen molar-refractivity contribution in [2.45, 2.75) is 4.90 Å². The number of hydrogen-bond acceptors (Lipinski definition) is 6. The van der Waals surface area contributed by atoms with Crippen molar-refractivity contribution in [2.24, 2.45) is 10.7 Å². The number of nitrogens with two attached hydrogens (primary N) is 1. The molecular weight excluding hydrogens is 479 g/mol. The second-order valence-corrected chi connectivity index (χ2v) is 8.00. The summed E-state index contributed by atoms with van der Waals surface area (Å²) in [5.41, 5.74) is 6.03. The highest BCUT2D eigenvalue weighted by Gasteiger charge is 2.20. The van der Waals surface area contributed by atoms with Crippen molar-refractivity contribution in [1.29, 1.82) is 0 Å². The molecule has 0 atom stereocenters. The number of sulfone groups is 1. The summed E-state index contributed by atoms with van der Waals surface area (Å²) < 4.78 is 24.5. The van der Waals surface area contributed by atoms with Crippen LogP contribution in [0.1, 0.15) is 0 Å². The quantitative estimate of drug-likeness (QED) is 0.370. The molecule has 1 fully saturated rings. The molecule has 0 spiro atoms. The van der Waals surface area contributed by atoms with Gasteiger partial charge in [-0.3, -0.25) is 4.99 Å². The van der Waals surface area contributed by atoms with Crippen molar-refractivity contribution < 1.29 is 8.42 Å². The molecule has 1 aromatic heterocycles. The zero-order valence-corrected chi connectivity index (χ0v) is 18.0. The summed E-state index contributed by atoms with van der Waals surface area (Å²) in [6.45, 7) is 3.01. The molecular formula is C17H23IN6O2S. The van der Waals surface area contributed by atoms with Crippen LogP contribution in [0, 0.1) is 0 Å². The molecule has 3 rings (SSSR count). The topological polar surface area (TPSA) is 105 Å². The lowest BCUT2D eigenvalue weighted by molar-refractivity contribution is 0.378. The van der Waals surface area contributed by atoms with Gasteiger partial charge in [0, 0.05) is 38.6 Å². The van der Waals surface area contributed by atoms with Gasteiger partial charge >= 0.3 is 0 Å². The van der Waals surface area contributed by atoms with Gasteiger partial charge in [0.1, 0.15) is 0 Å². The van der Waals surface area contributed by atoms with E-state index in [0.29, 0.717) is 29.9 Å². The molecule has 10 heteroatoms. The van der Waals surface area contributed by atoms with Gasteiger partial charge in [0.05, 0.1) is 17.2 Å². The highest BCUT2D eigenvalue weighted by molar-refractivity contribution is 14.0. The summed E-state index contributed by atoms with van der Waals surface area (Å²) in [4.78, 5) is 17.1. The minimum atomic E-state index is -3.34. The van der Waals surface area contributed by atoms with Gasteiger partial charge in [-0.2, -0.15) is 0 Å². The normalized spacial score (nSPS) is 15.3. The third-order valence-electron chi connectivity index (χ3n) is 4.17. The van der Waals surface area contributed by atoms with Gasteiger partial charge in [-0.1, -0.05) is 18.2 Å². The third kappa shape index (κ3) is 5.76. The molecule has 1 saturated heterocycles. The van der Waals surface area contributed by atoms with Crippen molar-refractivity contribution in [3.05, 3.63) is 48.8 Å². The maximum absolute atomic E-state index is 12.2. The summed E-state index contributed by atoms with van der Waals surface area (Å²) in [6, 6.07) is 10.2. The number of rotatable bonds is 5. The standard InChI is InChI=1S/C17H22N6O2S.HI/c18-16(19-9-14-26(24,25)15-5-2-1-3-6-15)22-10-12-23(13-11-22)17-20-7-4-8-21-17;/h1-8H,9-14H2,(H2,18,19);1H. The van der Waals surface area contributed by atoms with Gasteiger partial charge in [-0.15, -0.1) is 24.0 Å². The van der Waals surface area contributed by atoms with Crippen LogP contribution < -0.4 is 10.6 Å². The molecule has 8 nitrogen and oxygen atoms in total. The number of hydrogen-bond donors (Lipinski definition) is 1. The van der Waals surface area contributed by atoms with Gasteiger partial charge < -0.3 is 15.5 Å². The fourth-order valence-electron chi connectivity index (χ4n) is 2.72. The first-order valence-corrected chi connectivity index (χ1v) is 10.1. The van der Waals surface area contributed by atoms with E-state index < -0.39 is 9.84 Å². The lowest BCUT2D eigenvalue weighted by Gasteiger charge is -2.35. The summed E-state index contributed by atoms with van der Waals surface area (Å²) in [6.07, 6.45) is 3.44. The number of aromatic nitrogens is 2. The predicted molar refractivity (Wildman–Crippen MR) is 116 cm³/mol. The number of benzene rings is 1. The molecule has 0 unspecified atom stereocenters. The van der Waals surface area contributed by atoms with Crippen molar-refractivity contribution in [1.82, 2.24) is 14.9 Å². The first-order valence-electron chi connectivity index (χ1n) is 8.41. The van der Waals surface area contributed by atoms with E-state index in [1.165, 1.54) is 0 Å². The molecule has 0 amide bonds. The summed E-state index contributed by atoms with van der Waals surface area (Å²) in [7, 11) is -3.34. The van der Waals surface area contributed by atoms with E-state index in [1.54, 1.807) is 48.8 Å². The van der Waals surface area contributed by atoms with E-state index in [-0.39, 0.29) is 36.3 Å². The number of piperazine rings is 1. The summed E-state index contributed by atoms with van der Waals surface area (Å²) in [5, 5.41) is 0. The monoisotopic (exact) mass is 502 g/mol. The van der Waals surface area contributed by atoms with E-state index >= 15 is 0 Å². The van der Waals surface area contributed by atoms with E-state index in [1.807, 2.05) is 4.90 Å². The Morgan fingerprint density at radius 1 is 1.04 bits per heavy atom. The van der Waals surface area contributed by atoms with Gasteiger partial charge in [-0.25, -0.2) is 18.4 Å². The van der Waals surface area contributed by atoms with Gasteiger partial charge in [0.15, 0.2) is 15.8 Å². The molecule has 1 aromatic carbocycles. The molecule has 2 heterocycles. The number of guanidine groups is 1. The molecule has 1 aliphatic rings. The Bertz CT molecular complexity index is 840. The van der Waals surface area contributed by atoms with Crippen LogP contribution >= 0.6 is 24.0 Å². The van der Waals surface area contributed by atoms with Crippen molar-refractivity contribution >= 4 is 45.7 Å². The van der Waals surface area contributed by atoms with E-state index in [2.05, 4.69) is 19.9 Å².